The zero-order valence-corrected chi connectivity index (χ0v) is 50.3. The number of aromatic nitrogens is 28. The average molecular weight is 1240 g/mol. The van der Waals surface area contributed by atoms with Crippen LogP contribution in [0.5, 0.6) is 23.0 Å². The zero-order valence-electron chi connectivity index (χ0n) is 54.3. The molecule has 1 aliphatic rings. The number of ether oxygens (including phenoxy) is 4. The van der Waals surface area contributed by atoms with E-state index in [1.54, 1.807) is 89.2 Å². The minimum Gasteiger partial charge on any atom is -0.487 e. The molecule has 1 fully saturated rings. The number of hydrogen-bond acceptors (Lipinski definition) is 24. The maximum atomic E-state index is 12.1. The van der Waals surface area contributed by atoms with Gasteiger partial charge in [0.05, 0.1) is 11.5 Å². The van der Waals surface area contributed by atoms with Crippen LogP contribution in [0, 0.1) is 27.7 Å². The monoisotopic (exact) mass is 1240 g/mol. The summed E-state index contributed by atoms with van der Waals surface area (Å²) in [7, 11) is 7.74. The summed E-state index contributed by atoms with van der Waals surface area (Å²) in [4.78, 5) is 48.0. The first kappa shape index (κ1) is 56.0. The highest BCUT2D eigenvalue weighted by atomic mass is 16.5. The van der Waals surface area contributed by atoms with Crippen molar-refractivity contribution in [3.8, 4) is 46.3 Å². The standard InChI is InChI=1S/C15H17N7O2.C14H17N7O2.C13H15N7O2.C12H13N7O2/c1-10-5-3-4-6-13(10)24-9-12-14(16-17-21(12)11-7-8-11)22-15(23)20(2)18-19-22;1-4-20-11(9-23-12-8-6-5-7-10(12)2)13(15-16-20)21-14(22)19(3)17-18-21;1-9-6-4-5-7-11(9)22-8-10-12(14-15-18(10)2)20-13(21)19(3)16-17-20;1-8-5-3-4-6-10(8)21-7-9-11(14-15-13-9)19-12(20)18(2)16-17-19/h3-6,11H,7-9H2,1-2H3;5-8H,4,9H2,1-3H3;4-7H,8H2,1-3H3;3-6H,7H2,1-2H3,(H,13,14,15)/i3T;5T;4T;3T. The fourth-order valence-electron chi connectivity index (χ4n) is 8.31. The van der Waals surface area contributed by atoms with Gasteiger partial charge in [0.15, 0.2) is 0 Å². The Labute approximate surface area is 514 Å². The Bertz CT molecular complexity index is 4900. The highest BCUT2D eigenvalue weighted by molar-refractivity contribution is 5.36. The Morgan fingerprint density at radius 1 is 0.433 bits per heavy atom. The van der Waals surface area contributed by atoms with Gasteiger partial charge in [0.1, 0.15) is 72.2 Å². The summed E-state index contributed by atoms with van der Waals surface area (Å²) in [6, 6.07) is 22.4. The molecule has 0 amide bonds. The van der Waals surface area contributed by atoms with Crippen molar-refractivity contribution < 1.29 is 24.4 Å². The van der Waals surface area contributed by atoms with Gasteiger partial charge in [-0.05, 0) is 136 Å². The molecule has 4 aromatic carbocycles. The number of nitrogens with one attached hydrogen (secondary N) is 1. The summed E-state index contributed by atoms with van der Waals surface area (Å²) in [5.74, 6) is 3.78. The van der Waals surface area contributed by atoms with Crippen LogP contribution >= 0.6 is 0 Å². The lowest BCUT2D eigenvalue weighted by Gasteiger charge is -2.10. The topological polar surface area (TPSA) is 381 Å². The average Bonchev–Trinajstić information content (AvgIpc) is 1.66. The van der Waals surface area contributed by atoms with Gasteiger partial charge in [-0.1, -0.05) is 88.3 Å². The SMILES string of the molecule is [3H]c1ccc(OCc2c(-n3nnn(C)c3=O)nnn2C)c(C)c1.[3H]c1ccc(OCc2c(-n3nnn(C)c3=O)nnn2C2CC2)c(C)c1.[3H]c1ccc(OCc2c(-n3nnn(C)c3=O)nnn2CC)c(C)c1.[3H]c1ccc(OCc2n[nH]nc2-n2nnn(C)c2=O)c(C)c1. The van der Waals surface area contributed by atoms with Crippen molar-refractivity contribution >= 4 is 0 Å². The maximum Gasteiger partial charge on any atom is 0.369 e. The number of tetrazole rings is 4. The van der Waals surface area contributed by atoms with Crippen LogP contribution in [0.25, 0.3) is 23.3 Å². The van der Waals surface area contributed by atoms with Gasteiger partial charge >= 0.3 is 22.8 Å². The second-order valence-corrected chi connectivity index (χ2v) is 19.9. The molecule has 90 heavy (non-hydrogen) atoms. The third-order valence-electron chi connectivity index (χ3n) is 13.5. The Balaban J connectivity index is 0.000000137. The minimum absolute atomic E-state index is 0.104. The molecule has 0 aliphatic heterocycles. The van der Waals surface area contributed by atoms with Crippen LogP contribution in [0.3, 0.4) is 0 Å². The van der Waals surface area contributed by atoms with E-state index in [-0.39, 0.29) is 49.8 Å². The molecular weight excluding hydrogens is 1170 g/mol. The summed E-state index contributed by atoms with van der Waals surface area (Å²) < 4.78 is 67.3. The molecule has 0 bridgehead atoms. The zero-order chi connectivity index (χ0) is 67.1. The van der Waals surface area contributed by atoms with Gasteiger partial charge in [0, 0.05) is 41.8 Å². The number of aryl methyl sites for hydroxylation is 10. The highest BCUT2D eigenvalue weighted by Gasteiger charge is 2.31. The van der Waals surface area contributed by atoms with E-state index in [2.05, 4.69) is 88.1 Å². The van der Waals surface area contributed by atoms with Gasteiger partial charge in [-0.25, -0.2) is 33.2 Å². The molecule has 0 atom stereocenters. The third kappa shape index (κ3) is 13.5. The smallest absolute Gasteiger partial charge is 0.369 e. The largest absolute Gasteiger partial charge is 0.487 e. The van der Waals surface area contributed by atoms with Gasteiger partial charge in [-0.15, -0.1) is 39.1 Å². The van der Waals surface area contributed by atoms with Crippen molar-refractivity contribution in [1.82, 2.24) is 140 Å². The summed E-state index contributed by atoms with van der Waals surface area (Å²) >= 11 is 0. The first-order chi connectivity index (χ1) is 45.1. The molecule has 0 unspecified atom stereocenters. The summed E-state index contributed by atoms with van der Waals surface area (Å²) in [6.07, 6.45) is 2.05. The van der Waals surface area contributed by atoms with Crippen molar-refractivity contribution in [2.75, 3.05) is 0 Å². The molecule has 36 heteroatoms. The number of nitrogens with zero attached hydrogens (tertiary/aromatic N) is 27. The van der Waals surface area contributed by atoms with E-state index >= 15 is 0 Å². The van der Waals surface area contributed by atoms with Crippen molar-refractivity contribution in [3.63, 3.8) is 0 Å². The Kier molecular flexibility index (Phi) is 16.9. The van der Waals surface area contributed by atoms with Crippen LogP contribution in [0.4, 0.5) is 0 Å². The lowest BCUT2D eigenvalue weighted by Crippen LogP contribution is -2.23. The van der Waals surface area contributed by atoms with E-state index in [0.717, 1.165) is 72.5 Å². The lowest BCUT2D eigenvalue weighted by atomic mass is 10.2. The predicted octanol–water partition coefficient (Wildman–Crippen LogP) is 1.20. The molecule has 1 saturated carbocycles. The number of para-hydroxylation sites is 4. The quantitative estimate of drug-likeness (QED) is 0.126. The number of H-pyrrole nitrogens is 1. The van der Waals surface area contributed by atoms with Crippen LogP contribution in [-0.4, -0.2) is 140 Å². The molecule has 12 aromatic rings. The van der Waals surface area contributed by atoms with Crippen LogP contribution in [0.15, 0.2) is 116 Å². The third-order valence-corrected chi connectivity index (χ3v) is 13.5. The van der Waals surface area contributed by atoms with Crippen LogP contribution in [-0.2, 0) is 68.2 Å². The van der Waals surface area contributed by atoms with Crippen molar-refractivity contribution in [3.05, 3.63) is 184 Å². The normalized spacial score (nSPS) is 12.3. The number of hydrogen-bond donors (Lipinski definition) is 1. The van der Waals surface area contributed by atoms with Crippen LogP contribution < -0.4 is 41.7 Å². The van der Waals surface area contributed by atoms with Crippen molar-refractivity contribution in [2.24, 2.45) is 35.2 Å². The molecule has 36 nitrogen and oxygen atoms in total. The summed E-state index contributed by atoms with van der Waals surface area (Å²) in [6.45, 7) is 10.6. The molecular formula is C54H62N28O8. The van der Waals surface area contributed by atoms with E-state index in [9.17, 15) is 19.2 Å². The lowest BCUT2D eigenvalue weighted by molar-refractivity contribution is 0.289. The second-order valence-electron chi connectivity index (χ2n) is 19.9. The minimum atomic E-state index is -0.426. The fraction of sp³-hybridized carbons (Fsp3) is 0.333. The van der Waals surface area contributed by atoms with E-state index in [1.165, 1.54) is 32.9 Å². The predicted molar refractivity (Wildman–Crippen MR) is 314 cm³/mol. The molecule has 8 aromatic heterocycles. The molecule has 8 heterocycles. The molecule has 0 spiro atoms. The molecule has 0 radical (unpaired) electrons. The maximum absolute atomic E-state index is 12.1. The van der Waals surface area contributed by atoms with E-state index < -0.39 is 17.1 Å². The van der Waals surface area contributed by atoms with Gasteiger partial charge in [-0.2, -0.15) is 29.0 Å². The first-order valence-corrected chi connectivity index (χ1v) is 27.5. The van der Waals surface area contributed by atoms with E-state index in [1.807, 2.05) is 34.6 Å². The summed E-state index contributed by atoms with van der Waals surface area (Å²) in [5, 5.41) is 64.4. The first-order valence-electron chi connectivity index (χ1n) is 29.5. The van der Waals surface area contributed by atoms with Gasteiger partial charge in [-0.3, -0.25) is 0 Å². The van der Waals surface area contributed by atoms with Crippen molar-refractivity contribution in [2.45, 2.75) is 86.5 Å². The number of benzene rings is 4. The fourth-order valence-corrected chi connectivity index (χ4v) is 8.31. The van der Waals surface area contributed by atoms with Gasteiger partial charge in [0.2, 0.25) is 23.3 Å². The van der Waals surface area contributed by atoms with Gasteiger partial charge in [0.25, 0.3) is 0 Å². The van der Waals surface area contributed by atoms with Gasteiger partial charge < -0.3 is 18.9 Å². The van der Waals surface area contributed by atoms with Crippen LogP contribution in [0.2, 0.25) is 0 Å². The van der Waals surface area contributed by atoms with Crippen molar-refractivity contribution in [1.29, 1.82) is 0 Å². The van der Waals surface area contributed by atoms with E-state index in [0.29, 0.717) is 88.1 Å². The Morgan fingerprint density at radius 3 is 1.20 bits per heavy atom. The molecule has 466 valence electrons. The molecule has 1 N–H and O–H groups in total. The molecule has 1 aliphatic carbocycles. The molecule has 13 rings (SSSR count). The second kappa shape index (κ2) is 27.2. The highest BCUT2D eigenvalue weighted by Crippen LogP contribution is 2.36. The van der Waals surface area contributed by atoms with Crippen LogP contribution in [0.1, 0.15) is 76.3 Å². The van der Waals surface area contributed by atoms with E-state index in [4.69, 9.17) is 24.4 Å². The Hall–Kier alpha value is -11.9. The number of aromatic amines is 1. The Morgan fingerprint density at radius 2 is 0.800 bits per heavy atom. The summed E-state index contributed by atoms with van der Waals surface area (Å²) in [5.41, 5.74) is 4.10. The molecule has 0 saturated heterocycles. The number of rotatable bonds is 18.